The zero-order valence-electron chi connectivity index (χ0n) is 21.7. The highest BCUT2D eigenvalue weighted by Gasteiger charge is 2.67. The van der Waals surface area contributed by atoms with Gasteiger partial charge in [0.05, 0.1) is 30.2 Å². The van der Waals surface area contributed by atoms with E-state index < -0.39 is 87.4 Å². The average Bonchev–Trinajstić information content (AvgIpc) is 2.85. The second kappa shape index (κ2) is 9.63. The number of esters is 1. The molecule has 1 amide bonds. The second-order valence-electron chi connectivity index (χ2n) is 10.1. The molecule has 12 heteroatoms. The smallest absolute Gasteiger partial charge is 0.330 e. The molecule has 0 fully saturated rings. The number of hydrogen-bond acceptors (Lipinski definition) is 11. The lowest BCUT2D eigenvalue weighted by Crippen LogP contribution is -2.68. The first-order chi connectivity index (χ1) is 18.2. The Hall–Kier alpha value is -4.00. The van der Waals surface area contributed by atoms with Gasteiger partial charge in [-0.05, 0) is 38.6 Å². The number of primary amides is 1. The van der Waals surface area contributed by atoms with Gasteiger partial charge in [0, 0.05) is 23.1 Å². The van der Waals surface area contributed by atoms with Crippen LogP contribution in [0.2, 0.25) is 0 Å². The fourth-order valence-corrected chi connectivity index (χ4v) is 6.12. The molecule has 208 valence electrons. The van der Waals surface area contributed by atoms with Crippen molar-refractivity contribution in [3.8, 4) is 5.75 Å². The first kappa shape index (κ1) is 28.0. The minimum absolute atomic E-state index is 0.0825. The lowest BCUT2D eigenvalue weighted by Gasteiger charge is -2.53. The Morgan fingerprint density at radius 1 is 1.18 bits per heavy atom. The third-order valence-electron chi connectivity index (χ3n) is 7.85. The van der Waals surface area contributed by atoms with Gasteiger partial charge in [0.25, 0.3) is 5.91 Å². The molecule has 0 radical (unpaired) electrons. The number of fused-ring (bicyclic) bond motifs is 3. The van der Waals surface area contributed by atoms with Gasteiger partial charge in [-0.1, -0.05) is 19.1 Å². The molecule has 12 nitrogen and oxygen atoms in total. The summed E-state index contributed by atoms with van der Waals surface area (Å²) in [5, 5.41) is 56.5. The molecule has 0 saturated carbocycles. The van der Waals surface area contributed by atoms with Crippen molar-refractivity contribution in [2.24, 2.45) is 17.6 Å². The van der Waals surface area contributed by atoms with Crippen LogP contribution >= 0.6 is 0 Å². The number of rotatable bonds is 5. The Morgan fingerprint density at radius 3 is 2.38 bits per heavy atom. The molecular formula is C27H30N2O10. The molecule has 7 N–H and O–H groups in total. The minimum Gasteiger partial charge on any atom is -0.510 e. The highest BCUT2D eigenvalue weighted by Crippen LogP contribution is 2.55. The third-order valence-corrected chi connectivity index (χ3v) is 7.85. The first-order valence-electron chi connectivity index (χ1n) is 12.2. The molecule has 1 aromatic carbocycles. The maximum Gasteiger partial charge on any atom is 0.330 e. The fourth-order valence-electron chi connectivity index (χ4n) is 6.12. The average molecular weight is 543 g/mol. The summed E-state index contributed by atoms with van der Waals surface area (Å²) >= 11 is 0. The number of nitrogens with two attached hydrogens (primary N) is 1. The van der Waals surface area contributed by atoms with Crippen LogP contribution in [0.25, 0.3) is 6.08 Å². The van der Waals surface area contributed by atoms with Gasteiger partial charge in [-0.25, -0.2) is 4.79 Å². The van der Waals surface area contributed by atoms with E-state index in [0.717, 1.165) is 6.08 Å². The standard InChI is InChI=1S/C27H30N2O10/c1-5-39-13(30)9-7-11-6-8-12-10(2)14-16(21(32)15(12)20(11)31)24(35)27(38)18(22(14)33)19(29(3)4)23(34)17(25(27)36)26(28)37/h6-10,14,18-19,22,31,33-35,38H,5H2,1-4H3,(H2,28,37)/b9-7+/t10-,14-,18-,19-,22-,27+/m1/s1. The Balaban J connectivity index is 1.95. The predicted molar refractivity (Wildman–Crippen MR) is 135 cm³/mol. The van der Waals surface area contributed by atoms with Crippen molar-refractivity contribution in [1.82, 2.24) is 4.90 Å². The molecule has 4 rings (SSSR count). The van der Waals surface area contributed by atoms with E-state index in [2.05, 4.69) is 0 Å². The molecule has 6 atom stereocenters. The van der Waals surface area contributed by atoms with E-state index in [1.165, 1.54) is 37.2 Å². The quantitative estimate of drug-likeness (QED) is 0.169. The van der Waals surface area contributed by atoms with Crippen molar-refractivity contribution in [3.05, 3.63) is 57.6 Å². The molecule has 0 aliphatic heterocycles. The zero-order chi connectivity index (χ0) is 29.1. The number of aliphatic hydroxyl groups excluding tert-OH is 3. The van der Waals surface area contributed by atoms with Gasteiger partial charge in [-0.3, -0.25) is 19.3 Å². The lowest BCUT2D eigenvalue weighted by atomic mass is 9.55. The number of likely N-dealkylation sites (N-methyl/N-ethyl adjacent to an activating group) is 1. The van der Waals surface area contributed by atoms with Crippen LogP contribution in [0.5, 0.6) is 5.75 Å². The van der Waals surface area contributed by atoms with Crippen LogP contribution in [-0.4, -0.2) is 92.3 Å². The van der Waals surface area contributed by atoms with Gasteiger partial charge in [0.1, 0.15) is 22.8 Å². The van der Waals surface area contributed by atoms with Crippen LogP contribution in [0, 0.1) is 11.8 Å². The van der Waals surface area contributed by atoms with E-state index in [0.29, 0.717) is 5.56 Å². The number of benzene rings is 1. The van der Waals surface area contributed by atoms with Crippen LogP contribution in [0.3, 0.4) is 0 Å². The summed E-state index contributed by atoms with van der Waals surface area (Å²) in [6.45, 7) is 3.38. The molecule has 39 heavy (non-hydrogen) atoms. The molecule has 3 aliphatic carbocycles. The number of carbonyl (C=O) groups excluding carboxylic acids is 4. The summed E-state index contributed by atoms with van der Waals surface area (Å²) in [5.41, 5.74) is 1.00. The molecule has 0 bridgehead atoms. The van der Waals surface area contributed by atoms with Crippen molar-refractivity contribution in [2.45, 2.75) is 37.5 Å². The second-order valence-corrected chi connectivity index (χ2v) is 10.1. The zero-order valence-corrected chi connectivity index (χ0v) is 21.7. The summed E-state index contributed by atoms with van der Waals surface area (Å²) in [6, 6.07) is 1.66. The van der Waals surface area contributed by atoms with Crippen LogP contribution < -0.4 is 5.73 Å². The number of phenolic OH excluding ortho intramolecular Hbond substituents is 1. The van der Waals surface area contributed by atoms with Gasteiger partial charge >= 0.3 is 5.97 Å². The largest absolute Gasteiger partial charge is 0.510 e. The maximum absolute atomic E-state index is 13.8. The summed E-state index contributed by atoms with van der Waals surface area (Å²) in [4.78, 5) is 52.3. The number of ether oxygens (including phenoxy) is 1. The number of phenols is 1. The summed E-state index contributed by atoms with van der Waals surface area (Å²) < 4.78 is 4.82. The van der Waals surface area contributed by atoms with Crippen LogP contribution in [0.4, 0.5) is 0 Å². The number of carbonyl (C=O) groups is 4. The lowest BCUT2D eigenvalue weighted by molar-refractivity contribution is -0.162. The van der Waals surface area contributed by atoms with Gasteiger partial charge < -0.3 is 36.0 Å². The van der Waals surface area contributed by atoms with Crippen LogP contribution in [-0.2, 0) is 19.1 Å². The SMILES string of the molecule is CCOC(=O)/C=C/c1ccc2c(c1O)C(=O)C1=C(O)[C@]3(O)C(=O)C(C(N)=O)=C(O)[C@H](N(C)C)[C@@H]3[C@H](O)[C@@H]1[C@@H]2C. The van der Waals surface area contributed by atoms with E-state index >= 15 is 0 Å². The molecule has 0 spiro atoms. The Kier molecular flexibility index (Phi) is 6.92. The predicted octanol–water partition coefficient (Wildman–Crippen LogP) is 0.229. The van der Waals surface area contributed by atoms with Crippen LogP contribution in [0.15, 0.2) is 40.9 Å². The molecule has 1 aromatic rings. The molecule has 0 heterocycles. The van der Waals surface area contributed by atoms with Crippen LogP contribution in [0.1, 0.15) is 41.3 Å². The van der Waals surface area contributed by atoms with E-state index in [1.807, 2.05) is 0 Å². The first-order valence-corrected chi connectivity index (χ1v) is 12.2. The molecule has 0 unspecified atom stereocenters. The van der Waals surface area contributed by atoms with E-state index in [4.69, 9.17) is 10.5 Å². The number of ketones is 2. The monoisotopic (exact) mass is 542 g/mol. The molecule has 3 aliphatic rings. The number of aromatic hydroxyl groups is 1. The minimum atomic E-state index is -2.99. The summed E-state index contributed by atoms with van der Waals surface area (Å²) in [5.74, 6) is -10.3. The Morgan fingerprint density at radius 2 is 1.82 bits per heavy atom. The Bertz CT molecular complexity index is 1390. The third kappa shape index (κ3) is 3.86. The van der Waals surface area contributed by atoms with E-state index in [-0.39, 0.29) is 17.7 Å². The molecule has 0 aromatic heterocycles. The van der Waals surface area contributed by atoms with Crippen molar-refractivity contribution in [3.63, 3.8) is 0 Å². The van der Waals surface area contributed by atoms with Crippen molar-refractivity contribution < 1.29 is 49.4 Å². The highest BCUT2D eigenvalue weighted by molar-refractivity contribution is 6.25. The number of Topliss-reactive ketones (excluding diaryl/α,β-unsaturated/α-hetero) is 2. The fraction of sp³-hybridized carbons (Fsp3) is 0.407. The van der Waals surface area contributed by atoms with Gasteiger partial charge in [0.2, 0.25) is 5.78 Å². The normalized spacial score (nSPS) is 30.4. The summed E-state index contributed by atoms with van der Waals surface area (Å²) in [6.07, 6.45) is 0.626. The van der Waals surface area contributed by atoms with Crippen molar-refractivity contribution in [1.29, 1.82) is 0 Å². The number of nitrogens with zero attached hydrogens (tertiary/aromatic N) is 1. The number of hydrogen-bond donors (Lipinski definition) is 6. The van der Waals surface area contributed by atoms with Gasteiger partial charge in [0.15, 0.2) is 11.4 Å². The van der Waals surface area contributed by atoms with Gasteiger partial charge in [-0.15, -0.1) is 0 Å². The van der Waals surface area contributed by atoms with E-state index in [1.54, 1.807) is 13.8 Å². The topological polar surface area (TPSA) is 208 Å². The van der Waals surface area contributed by atoms with Crippen molar-refractivity contribution in [2.75, 3.05) is 20.7 Å². The maximum atomic E-state index is 13.8. The van der Waals surface area contributed by atoms with E-state index in [9.17, 15) is 44.7 Å². The highest BCUT2D eigenvalue weighted by atomic mass is 16.5. The van der Waals surface area contributed by atoms with Crippen molar-refractivity contribution >= 4 is 29.5 Å². The van der Waals surface area contributed by atoms with Gasteiger partial charge in [-0.2, -0.15) is 0 Å². The Labute approximate surface area is 223 Å². The molecular weight excluding hydrogens is 512 g/mol. The molecule has 0 saturated heterocycles. The summed E-state index contributed by atoms with van der Waals surface area (Å²) in [7, 11) is 2.93. The number of amides is 1. The number of aliphatic hydroxyl groups is 4.